The standard InChI is InChI=1S/C19H21N3O6/c1-12(2)18(13-5-6-14-16(10-13)27-9-8-26-14)21-17(23)11-28-15-4-3-7-20-19(15)22(24)25/h3-7,10,12,18H,8-9,11H2,1-2H3,(H,21,23)/t18-/m0/s1. The Hall–Kier alpha value is -3.36. The fourth-order valence-electron chi connectivity index (χ4n) is 2.88. The van der Waals surface area contributed by atoms with E-state index in [1.54, 1.807) is 0 Å². The lowest BCUT2D eigenvalue weighted by Gasteiger charge is -2.25. The van der Waals surface area contributed by atoms with Crippen molar-refractivity contribution in [2.24, 2.45) is 5.92 Å². The van der Waals surface area contributed by atoms with Crippen molar-refractivity contribution < 1.29 is 23.9 Å². The Morgan fingerprint density at radius 1 is 1.29 bits per heavy atom. The molecule has 3 rings (SSSR count). The van der Waals surface area contributed by atoms with Crippen molar-refractivity contribution in [2.45, 2.75) is 19.9 Å². The molecule has 148 valence electrons. The topological polar surface area (TPSA) is 113 Å². The first-order valence-corrected chi connectivity index (χ1v) is 8.87. The number of amides is 1. The fourth-order valence-corrected chi connectivity index (χ4v) is 2.88. The third-order valence-electron chi connectivity index (χ3n) is 4.19. The van der Waals surface area contributed by atoms with E-state index in [4.69, 9.17) is 14.2 Å². The Morgan fingerprint density at radius 3 is 2.75 bits per heavy atom. The van der Waals surface area contributed by atoms with Crippen molar-refractivity contribution >= 4 is 11.7 Å². The fraction of sp³-hybridized carbons (Fsp3) is 0.368. The first-order chi connectivity index (χ1) is 13.5. The highest BCUT2D eigenvalue weighted by molar-refractivity contribution is 5.78. The molecule has 1 aromatic heterocycles. The summed E-state index contributed by atoms with van der Waals surface area (Å²) >= 11 is 0. The van der Waals surface area contributed by atoms with Crippen molar-refractivity contribution in [3.63, 3.8) is 0 Å². The van der Waals surface area contributed by atoms with Gasteiger partial charge in [0.05, 0.1) is 6.04 Å². The molecule has 0 radical (unpaired) electrons. The predicted octanol–water partition coefficient (Wildman–Crippen LogP) is 2.65. The number of carbonyl (C=O) groups is 1. The highest BCUT2D eigenvalue weighted by atomic mass is 16.6. The molecular weight excluding hydrogens is 366 g/mol. The van der Waals surface area contributed by atoms with E-state index in [0.717, 1.165) is 5.56 Å². The van der Waals surface area contributed by atoms with Crippen LogP contribution in [-0.2, 0) is 4.79 Å². The summed E-state index contributed by atoms with van der Waals surface area (Å²) in [5, 5.41) is 13.9. The number of hydrogen-bond acceptors (Lipinski definition) is 7. The summed E-state index contributed by atoms with van der Waals surface area (Å²) in [5.41, 5.74) is 0.875. The number of nitro groups is 1. The van der Waals surface area contributed by atoms with Gasteiger partial charge in [0.2, 0.25) is 5.75 Å². The monoisotopic (exact) mass is 387 g/mol. The normalized spacial score (nSPS) is 13.7. The summed E-state index contributed by atoms with van der Waals surface area (Å²) in [5.74, 6) is 0.540. The van der Waals surface area contributed by atoms with Gasteiger partial charge in [-0.05, 0) is 45.7 Å². The van der Waals surface area contributed by atoms with Crippen LogP contribution in [0.15, 0.2) is 36.5 Å². The molecule has 0 saturated carbocycles. The smallest absolute Gasteiger partial charge is 0.406 e. The lowest BCUT2D eigenvalue weighted by Crippen LogP contribution is -2.35. The first-order valence-electron chi connectivity index (χ1n) is 8.87. The van der Waals surface area contributed by atoms with Crippen LogP contribution in [0.3, 0.4) is 0 Å². The molecule has 1 amide bonds. The van der Waals surface area contributed by atoms with Crippen LogP contribution in [-0.4, -0.2) is 35.6 Å². The molecule has 0 unspecified atom stereocenters. The van der Waals surface area contributed by atoms with E-state index in [2.05, 4.69) is 10.3 Å². The van der Waals surface area contributed by atoms with Gasteiger partial charge in [-0.1, -0.05) is 19.9 Å². The van der Waals surface area contributed by atoms with Crippen LogP contribution in [0.2, 0.25) is 0 Å². The summed E-state index contributed by atoms with van der Waals surface area (Å²) in [6.07, 6.45) is 1.29. The highest BCUT2D eigenvalue weighted by Gasteiger charge is 2.22. The van der Waals surface area contributed by atoms with E-state index in [1.807, 2.05) is 32.0 Å². The molecule has 2 heterocycles. The molecule has 0 spiro atoms. The van der Waals surface area contributed by atoms with E-state index in [-0.39, 0.29) is 24.3 Å². The average Bonchev–Trinajstić information content (AvgIpc) is 2.70. The number of hydrogen-bond donors (Lipinski definition) is 1. The molecule has 0 bridgehead atoms. The van der Waals surface area contributed by atoms with Crippen LogP contribution in [0.25, 0.3) is 0 Å². The zero-order valence-electron chi connectivity index (χ0n) is 15.6. The summed E-state index contributed by atoms with van der Waals surface area (Å²) in [4.78, 5) is 26.4. The number of nitrogens with zero attached hydrogens (tertiary/aromatic N) is 2. The molecule has 2 aromatic rings. The number of fused-ring (bicyclic) bond motifs is 1. The van der Waals surface area contributed by atoms with Crippen LogP contribution >= 0.6 is 0 Å². The minimum Gasteiger partial charge on any atom is -0.486 e. The first kappa shape index (κ1) is 19.4. The Bertz CT molecular complexity index is 870. The van der Waals surface area contributed by atoms with Crippen LogP contribution in [0.5, 0.6) is 17.2 Å². The number of aromatic nitrogens is 1. The van der Waals surface area contributed by atoms with Crippen molar-refractivity contribution in [1.82, 2.24) is 10.3 Å². The Labute approximate surface area is 161 Å². The summed E-state index contributed by atoms with van der Waals surface area (Å²) in [6, 6.07) is 8.18. The SMILES string of the molecule is CC(C)[C@H](NC(=O)COc1cccnc1[N+](=O)[O-])c1ccc2c(c1)OCCO2. The Morgan fingerprint density at radius 2 is 2.04 bits per heavy atom. The molecule has 9 heteroatoms. The number of ether oxygens (including phenoxy) is 3. The molecule has 1 aromatic carbocycles. The second-order valence-electron chi connectivity index (χ2n) is 6.56. The van der Waals surface area contributed by atoms with Gasteiger partial charge in [-0.2, -0.15) is 0 Å². The van der Waals surface area contributed by atoms with Crippen LogP contribution in [0, 0.1) is 16.0 Å². The molecule has 1 N–H and O–H groups in total. The number of rotatable bonds is 7. The van der Waals surface area contributed by atoms with Gasteiger partial charge < -0.3 is 29.6 Å². The molecule has 0 saturated heterocycles. The van der Waals surface area contributed by atoms with Gasteiger partial charge in [0.1, 0.15) is 19.4 Å². The summed E-state index contributed by atoms with van der Waals surface area (Å²) in [6.45, 7) is 4.59. The number of benzene rings is 1. The quantitative estimate of drug-likeness (QED) is 0.574. The van der Waals surface area contributed by atoms with Gasteiger partial charge in [-0.3, -0.25) is 4.79 Å². The molecule has 0 fully saturated rings. The van der Waals surface area contributed by atoms with Gasteiger partial charge in [0.15, 0.2) is 18.1 Å². The van der Waals surface area contributed by atoms with Crippen molar-refractivity contribution in [3.05, 3.63) is 52.2 Å². The Kier molecular flexibility index (Phi) is 5.93. The summed E-state index contributed by atoms with van der Waals surface area (Å²) < 4.78 is 16.4. The van der Waals surface area contributed by atoms with Crippen LogP contribution < -0.4 is 19.5 Å². The molecule has 1 aliphatic heterocycles. The molecule has 0 aliphatic carbocycles. The molecule has 9 nitrogen and oxygen atoms in total. The van der Waals surface area contributed by atoms with Gasteiger partial charge in [0, 0.05) is 0 Å². The lowest BCUT2D eigenvalue weighted by molar-refractivity contribution is -0.390. The lowest BCUT2D eigenvalue weighted by atomic mass is 9.95. The second kappa shape index (κ2) is 8.55. The number of carbonyl (C=O) groups excluding carboxylic acids is 1. The predicted molar refractivity (Wildman–Crippen MR) is 99.5 cm³/mol. The minimum atomic E-state index is -0.653. The largest absolute Gasteiger partial charge is 0.486 e. The van der Waals surface area contributed by atoms with E-state index >= 15 is 0 Å². The average molecular weight is 387 g/mol. The maximum atomic E-state index is 12.4. The molecule has 1 atom stereocenters. The van der Waals surface area contributed by atoms with Gasteiger partial charge >= 0.3 is 5.82 Å². The second-order valence-corrected chi connectivity index (χ2v) is 6.56. The third kappa shape index (κ3) is 4.48. The van der Waals surface area contributed by atoms with E-state index in [9.17, 15) is 14.9 Å². The van der Waals surface area contributed by atoms with Crippen LogP contribution in [0.4, 0.5) is 5.82 Å². The molecule has 28 heavy (non-hydrogen) atoms. The summed E-state index contributed by atoms with van der Waals surface area (Å²) in [7, 11) is 0. The van der Waals surface area contributed by atoms with Crippen molar-refractivity contribution in [3.8, 4) is 17.2 Å². The van der Waals surface area contributed by atoms with Crippen molar-refractivity contribution in [1.29, 1.82) is 0 Å². The van der Waals surface area contributed by atoms with Crippen molar-refractivity contribution in [2.75, 3.05) is 19.8 Å². The maximum Gasteiger partial charge on any atom is 0.406 e. The van der Waals surface area contributed by atoms with Gasteiger partial charge in [0.25, 0.3) is 5.91 Å². The van der Waals surface area contributed by atoms with E-state index in [0.29, 0.717) is 24.7 Å². The van der Waals surface area contributed by atoms with Gasteiger partial charge in [-0.15, -0.1) is 0 Å². The van der Waals surface area contributed by atoms with E-state index < -0.39 is 16.6 Å². The number of pyridine rings is 1. The zero-order chi connectivity index (χ0) is 20.1. The molecular formula is C19H21N3O6. The third-order valence-corrected chi connectivity index (χ3v) is 4.19. The Balaban J connectivity index is 1.68. The van der Waals surface area contributed by atoms with Crippen LogP contribution in [0.1, 0.15) is 25.5 Å². The number of nitrogens with one attached hydrogen (secondary N) is 1. The van der Waals surface area contributed by atoms with E-state index in [1.165, 1.54) is 18.3 Å². The van der Waals surface area contributed by atoms with Gasteiger partial charge in [-0.25, -0.2) is 0 Å². The minimum absolute atomic E-state index is 0.0527. The maximum absolute atomic E-state index is 12.4. The zero-order valence-corrected chi connectivity index (χ0v) is 15.6. The molecule has 1 aliphatic rings. The highest BCUT2D eigenvalue weighted by Crippen LogP contribution is 2.34.